The molecule has 0 aliphatic carbocycles. The maximum Gasteiger partial charge on any atom is 0.306 e. The van der Waals surface area contributed by atoms with Gasteiger partial charge in [-0.05, 0) is 12.8 Å². The summed E-state index contributed by atoms with van der Waals surface area (Å²) >= 11 is 1.83. The van der Waals surface area contributed by atoms with Crippen LogP contribution in [0.2, 0.25) is 0 Å². The van der Waals surface area contributed by atoms with Crippen molar-refractivity contribution in [2.75, 3.05) is 13.7 Å². The molecule has 70 valence electrons. The molecule has 0 radical (unpaired) electrons. The molecule has 0 aromatic rings. The van der Waals surface area contributed by atoms with Crippen molar-refractivity contribution in [2.24, 2.45) is 5.73 Å². The molecule has 1 aliphatic rings. The van der Waals surface area contributed by atoms with E-state index in [4.69, 9.17) is 5.73 Å². The van der Waals surface area contributed by atoms with Gasteiger partial charge in [0.05, 0.1) is 13.5 Å². The smallest absolute Gasteiger partial charge is 0.306 e. The van der Waals surface area contributed by atoms with E-state index >= 15 is 0 Å². The lowest BCUT2D eigenvalue weighted by Crippen LogP contribution is -2.14. The van der Waals surface area contributed by atoms with Crippen LogP contribution < -0.4 is 5.73 Å². The minimum absolute atomic E-state index is 0.106. The van der Waals surface area contributed by atoms with Crippen LogP contribution in [0.4, 0.5) is 0 Å². The summed E-state index contributed by atoms with van der Waals surface area (Å²) in [6, 6.07) is 0. The average molecular weight is 189 g/mol. The van der Waals surface area contributed by atoms with Gasteiger partial charge in [0.2, 0.25) is 0 Å². The molecule has 2 unspecified atom stereocenters. The molecular weight excluding hydrogens is 174 g/mol. The molecule has 2 N–H and O–H groups in total. The van der Waals surface area contributed by atoms with Gasteiger partial charge < -0.3 is 10.5 Å². The Labute approximate surface area is 77.0 Å². The SMILES string of the molecule is COC(=O)CC1CCC(CN)S1. The Morgan fingerprint density at radius 3 is 2.75 bits per heavy atom. The monoisotopic (exact) mass is 189 g/mol. The van der Waals surface area contributed by atoms with Crippen LogP contribution >= 0.6 is 11.8 Å². The number of esters is 1. The van der Waals surface area contributed by atoms with Crippen molar-refractivity contribution in [3.05, 3.63) is 0 Å². The Morgan fingerprint density at radius 2 is 2.25 bits per heavy atom. The topological polar surface area (TPSA) is 52.3 Å². The lowest BCUT2D eigenvalue weighted by atomic mass is 10.1. The van der Waals surface area contributed by atoms with E-state index in [0.29, 0.717) is 16.9 Å². The molecule has 0 aromatic carbocycles. The molecular formula is C8H15NO2S. The third-order valence-corrected chi connectivity index (χ3v) is 3.68. The fourth-order valence-corrected chi connectivity index (χ4v) is 2.80. The first kappa shape index (κ1) is 9.86. The second kappa shape index (κ2) is 4.72. The van der Waals surface area contributed by atoms with Gasteiger partial charge >= 0.3 is 5.97 Å². The minimum Gasteiger partial charge on any atom is -0.469 e. The maximum absolute atomic E-state index is 10.9. The molecule has 0 saturated carbocycles. The molecule has 0 aromatic heterocycles. The van der Waals surface area contributed by atoms with E-state index in [0.717, 1.165) is 19.4 Å². The molecule has 1 rings (SSSR count). The molecule has 0 spiro atoms. The third kappa shape index (κ3) is 2.68. The van der Waals surface area contributed by atoms with Gasteiger partial charge in [-0.3, -0.25) is 4.79 Å². The molecule has 1 fully saturated rings. The van der Waals surface area contributed by atoms with Crippen LogP contribution in [0.25, 0.3) is 0 Å². The van der Waals surface area contributed by atoms with Crippen molar-refractivity contribution in [1.82, 2.24) is 0 Å². The fraction of sp³-hybridized carbons (Fsp3) is 0.875. The predicted octanol–water partition coefficient (Wildman–Crippen LogP) is 0.772. The van der Waals surface area contributed by atoms with Crippen molar-refractivity contribution in [2.45, 2.75) is 29.8 Å². The molecule has 12 heavy (non-hydrogen) atoms. The van der Waals surface area contributed by atoms with Crippen LogP contribution in [0.3, 0.4) is 0 Å². The van der Waals surface area contributed by atoms with E-state index in [1.807, 2.05) is 11.8 Å². The van der Waals surface area contributed by atoms with Crippen LogP contribution in [0, 0.1) is 0 Å². The van der Waals surface area contributed by atoms with E-state index in [-0.39, 0.29) is 5.97 Å². The van der Waals surface area contributed by atoms with Crippen LogP contribution in [0.1, 0.15) is 19.3 Å². The van der Waals surface area contributed by atoms with Gasteiger partial charge in [0.25, 0.3) is 0 Å². The highest BCUT2D eigenvalue weighted by atomic mass is 32.2. The first-order valence-electron chi connectivity index (χ1n) is 4.18. The quantitative estimate of drug-likeness (QED) is 0.666. The summed E-state index contributed by atoms with van der Waals surface area (Å²) < 4.78 is 4.60. The Bertz CT molecular complexity index is 163. The Balaban J connectivity index is 2.23. The number of methoxy groups -OCH3 is 1. The van der Waals surface area contributed by atoms with Crippen molar-refractivity contribution >= 4 is 17.7 Å². The molecule has 1 saturated heterocycles. The van der Waals surface area contributed by atoms with Gasteiger partial charge in [-0.15, -0.1) is 0 Å². The second-order valence-electron chi connectivity index (χ2n) is 2.97. The van der Waals surface area contributed by atoms with Crippen LogP contribution in [0.15, 0.2) is 0 Å². The number of thioether (sulfide) groups is 1. The van der Waals surface area contributed by atoms with E-state index in [9.17, 15) is 4.79 Å². The summed E-state index contributed by atoms with van der Waals surface area (Å²) in [6.45, 7) is 0.725. The number of carbonyl (C=O) groups is 1. The summed E-state index contributed by atoms with van der Waals surface area (Å²) in [5, 5.41) is 0.991. The van der Waals surface area contributed by atoms with Crippen LogP contribution in [0.5, 0.6) is 0 Å². The normalized spacial score (nSPS) is 28.8. The maximum atomic E-state index is 10.9. The number of hydrogen-bond acceptors (Lipinski definition) is 4. The summed E-state index contributed by atoms with van der Waals surface area (Å²) in [4.78, 5) is 10.9. The van der Waals surface area contributed by atoms with Gasteiger partial charge in [0.1, 0.15) is 0 Å². The Kier molecular flexibility index (Phi) is 3.88. The zero-order valence-corrected chi connectivity index (χ0v) is 8.10. The van der Waals surface area contributed by atoms with Crippen molar-refractivity contribution in [3.63, 3.8) is 0 Å². The molecule has 0 amide bonds. The molecule has 4 heteroatoms. The highest BCUT2D eigenvalue weighted by Gasteiger charge is 2.26. The van der Waals surface area contributed by atoms with Gasteiger partial charge in [0, 0.05) is 17.0 Å². The number of nitrogens with two attached hydrogens (primary N) is 1. The largest absolute Gasteiger partial charge is 0.469 e. The van der Waals surface area contributed by atoms with Crippen molar-refractivity contribution < 1.29 is 9.53 Å². The highest BCUT2D eigenvalue weighted by molar-refractivity contribution is 8.00. The zero-order valence-electron chi connectivity index (χ0n) is 7.29. The van der Waals surface area contributed by atoms with E-state index in [1.54, 1.807) is 0 Å². The first-order chi connectivity index (χ1) is 5.76. The van der Waals surface area contributed by atoms with Crippen LogP contribution in [-0.4, -0.2) is 30.1 Å². The molecule has 1 aliphatic heterocycles. The van der Waals surface area contributed by atoms with E-state index < -0.39 is 0 Å². The van der Waals surface area contributed by atoms with E-state index in [2.05, 4.69) is 4.74 Å². The molecule has 0 bridgehead atoms. The summed E-state index contributed by atoms with van der Waals surface area (Å²) in [5.74, 6) is -0.106. The summed E-state index contributed by atoms with van der Waals surface area (Å²) in [7, 11) is 1.43. The first-order valence-corrected chi connectivity index (χ1v) is 5.13. The second-order valence-corrected chi connectivity index (χ2v) is 4.58. The lowest BCUT2D eigenvalue weighted by Gasteiger charge is -2.07. The zero-order chi connectivity index (χ0) is 8.97. The van der Waals surface area contributed by atoms with Gasteiger partial charge in [-0.1, -0.05) is 0 Å². The number of ether oxygens (including phenoxy) is 1. The standard InChI is InChI=1S/C8H15NO2S/c1-11-8(10)4-6-2-3-7(5-9)12-6/h6-7H,2-5,9H2,1H3. The number of hydrogen-bond donors (Lipinski definition) is 1. The Morgan fingerprint density at radius 1 is 1.58 bits per heavy atom. The third-order valence-electron chi connectivity index (χ3n) is 2.08. The fourth-order valence-electron chi connectivity index (χ4n) is 1.37. The summed E-state index contributed by atoms with van der Waals surface area (Å²) in [5.41, 5.74) is 5.52. The number of rotatable bonds is 3. The van der Waals surface area contributed by atoms with Crippen molar-refractivity contribution in [1.29, 1.82) is 0 Å². The van der Waals surface area contributed by atoms with Gasteiger partial charge in [-0.25, -0.2) is 0 Å². The van der Waals surface area contributed by atoms with E-state index in [1.165, 1.54) is 7.11 Å². The molecule has 3 nitrogen and oxygen atoms in total. The van der Waals surface area contributed by atoms with Crippen LogP contribution in [-0.2, 0) is 9.53 Å². The summed E-state index contributed by atoms with van der Waals surface area (Å²) in [6.07, 6.45) is 2.78. The molecule has 1 heterocycles. The van der Waals surface area contributed by atoms with Crippen molar-refractivity contribution in [3.8, 4) is 0 Å². The molecule has 2 atom stereocenters. The minimum atomic E-state index is -0.106. The number of carbonyl (C=O) groups excluding carboxylic acids is 1. The van der Waals surface area contributed by atoms with Gasteiger partial charge in [-0.2, -0.15) is 11.8 Å². The highest BCUT2D eigenvalue weighted by Crippen LogP contribution is 2.34. The Hall–Kier alpha value is -0.220. The average Bonchev–Trinajstić information content (AvgIpc) is 2.52. The van der Waals surface area contributed by atoms with Gasteiger partial charge in [0.15, 0.2) is 0 Å². The lowest BCUT2D eigenvalue weighted by molar-refractivity contribution is -0.140. The predicted molar refractivity (Wildman–Crippen MR) is 50.1 cm³/mol.